The zero-order chi connectivity index (χ0) is 13.2. The number of benzene rings is 1. The van der Waals surface area contributed by atoms with E-state index in [9.17, 15) is 18.0 Å². The highest BCUT2D eigenvalue weighted by Crippen LogP contribution is 2.29. The van der Waals surface area contributed by atoms with E-state index >= 15 is 0 Å². The van der Waals surface area contributed by atoms with Crippen LogP contribution in [0.15, 0.2) is 18.2 Å². The lowest BCUT2D eigenvalue weighted by Crippen LogP contribution is -2.28. The van der Waals surface area contributed by atoms with Gasteiger partial charge in [-0.1, -0.05) is 0 Å². The summed E-state index contributed by atoms with van der Waals surface area (Å²) in [5.41, 5.74) is 0.703. The summed E-state index contributed by atoms with van der Waals surface area (Å²) in [5.74, 6) is -2.57. The average molecular weight is 246 g/mol. The molecule has 2 nitrogen and oxygen atoms in total. The summed E-state index contributed by atoms with van der Waals surface area (Å²) in [7, 11) is 1.40. The molecule has 0 aliphatic rings. The lowest BCUT2D eigenvalue weighted by atomic mass is 9.97. The van der Waals surface area contributed by atoms with Gasteiger partial charge in [0.25, 0.3) is 0 Å². The second-order valence-electron chi connectivity index (χ2n) is 3.87. The number of methoxy groups -OCH3 is 1. The van der Waals surface area contributed by atoms with Gasteiger partial charge >= 0.3 is 6.18 Å². The van der Waals surface area contributed by atoms with E-state index in [0.29, 0.717) is 11.3 Å². The van der Waals surface area contributed by atoms with E-state index in [-0.39, 0.29) is 5.56 Å². The summed E-state index contributed by atoms with van der Waals surface area (Å²) in [6, 6.07) is 4.39. The van der Waals surface area contributed by atoms with E-state index < -0.39 is 17.9 Å². The van der Waals surface area contributed by atoms with Gasteiger partial charge in [-0.05, 0) is 37.6 Å². The summed E-state index contributed by atoms with van der Waals surface area (Å²) in [6.45, 7) is 2.55. The third kappa shape index (κ3) is 3.22. The second-order valence-corrected chi connectivity index (χ2v) is 3.87. The molecule has 1 aromatic rings. The Kier molecular flexibility index (Phi) is 3.80. The Morgan fingerprint density at radius 2 is 1.88 bits per heavy atom. The number of ether oxygens (including phenoxy) is 1. The molecule has 0 amide bonds. The van der Waals surface area contributed by atoms with E-state index in [1.165, 1.54) is 19.2 Å². The molecule has 0 aromatic heterocycles. The third-order valence-electron chi connectivity index (χ3n) is 2.46. The first-order chi connectivity index (χ1) is 7.75. The van der Waals surface area contributed by atoms with Crippen molar-refractivity contribution in [3.63, 3.8) is 0 Å². The van der Waals surface area contributed by atoms with Gasteiger partial charge in [0.15, 0.2) is 5.78 Å². The van der Waals surface area contributed by atoms with Crippen LogP contribution in [0.25, 0.3) is 0 Å². The third-order valence-corrected chi connectivity index (χ3v) is 2.46. The van der Waals surface area contributed by atoms with Crippen LogP contribution in [0, 0.1) is 12.8 Å². The largest absolute Gasteiger partial charge is 0.497 e. The van der Waals surface area contributed by atoms with Crippen LogP contribution in [0.2, 0.25) is 0 Å². The van der Waals surface area contributed by atoms with Crippen LogP contribution in [0.3, 0.4) is 0 Å². The molecule has 0 saturated carbocycles. The minimum absolute atomic E-state index is 0.0201. The first kappa shape index (κ1) is 13.5. The lowest BCUT2D eigenvalue weighted by Gasteiger charge is -2.15. The molecule has 1 aromatic carbocycles. The fourth-order valence-corrected chi connectivity index (χ4v) is 1.41. The Balaban J connectivity index is 3.08. The zero-order valence-corrected chi connectivity index (χ0v) is 9.76. The topological polar surface area (TPSA) is 26.3 Å². The SMILES string of the molecule is COc1cc(C)cc(C(=O)C(C)C(F)(F)F)c1. The Morgan fingerprint density at radius 1 is 1.29 bits per heavy atom. The van der Waals surface area contributed by atoms with E-state index in [0.717, 1.165) is 6.92 Å². The molecular weight excluding hydrogens is 233 g/mol. The van der Waals surface area contributed by atoms with Gasteiger partial charge in [-0.3, -0.25) is 4.79 Å². The number of aryl methyl sites for hydroxylation is 1. The molecule has 0 aliphatic heterocycles. The van der Waals surface area contributed by atoms with Crippen molar-refractivity contribution in [1.29, 1.82) is 0 Å². The average Bonchev–Trinajstić information content (AvgIpc) is 2.24. The molecule has 1 unspecified atom stereocenters. The van der Waals surface area contributed by atoms with Crippen molar-refractivity contribution in [3.8, 4) is 5.75 Å². The number of carbonyl (C=O) groups excluding carboxylic acids is 1. The molecule has 0 N–H and O–H groups in total. The smallest absolute Gasteiger partial charge is 0.398 e. The number of rotatable bonds is 3. The Morgan fingerprint density at radius 3 is 2.35 bits per heavy atom. The summed E-state index contributed by atoms with van der Waals surface area (Å²) in [5, 5.41) is 0. The van der Waals surface area contributed by atoms with Crippen LogP contribution in [-0.2, 0) is 0 Å². The fourth-order valence-electron chi connectivity index (χ4n) is 1.41. The molecule has 0 heterocycles. The standard InChI is InChI=1S/C12H13F3O2/c1-7-4-9(6-10(5-7)17-3)11(16)8(2)12(13,14)15/h4-6,8H,1-3H3. The van der Waals surface area contributed by atoms with Crippen LogP contribution >= 0.6 is 0 Å². The van der Waals surface area contributed by atoms with Crippen molar-refractivity contribution >= 4 is 5.78 Å². The molecular formula is C12H13F3O2. The van der Waals surface area contributed by atoms with Crippen molar-refractivity contribution < 1.29 is 22.7 Å². The van der Waals surface area contributed by atoms with Gasteiger partial charge in [0.1, 0.15) is 11.7 Å². The molecule has 0 spiro atoms. The van der Waals surface area contributed by atoms with Crippen LogP contribution in [-0.4, -0.2) is 19.1 Å². The number of Topliss-reactive ketones (excluding diaryl/α,β-unsaturated/α-hetero) is 1. The minimum Gasteiger partial charge on any atom is -0.497 e. The van der Waals surface area contributed by atoms with E-state index in [2.05, 4.69) is 0 Å². The normalized spacial score (nSPS) is 13.3. The monoisotopic (exact) mass is 246 g/mol. The summed E-state index contributed by atoms with van der Waals surface area (Å²) >= 11 is 0. The summed E-state index contributed by atoms with van der Waals surface area (Å²) in [4.78, 5) is 11.6. The number of alkyl halides is 3. The molecule has 0 saturated heterocycles. The molecule has 0 fully saturated rings. The molecule has 94 valence electrons. The predicted octanol–water partition coefficient (Wildman–Crippen LogP) is 3.38. The minimum atomic E-state index is -4.52. The fraction of sp³-hybridized carbons (Fsp3) is 0.417. The van der Waals surface area contributed by atoms with Gasteiger partial charge in [0.2, 0.25) is 0 Å². The van der Waals surface area contributed by atoms with Gasteiger partial charge in [-0.15, -0.1) is 0 Å². The molecule has 1 atom stereocenters. The summed E-state index contributed by atoms with van der Waals surface area (Å²) < 4.78 is 42.2. The Hall–Kier alpha value is -1.52. The maximum absolute atomic E-state index is 12.4. The molecule has 0 radical (unpaired) electrons. The van der Waals surface area contributed by atoms with Gasteiger partial charge in [0, 0.05) is 5.56 Å². The van der Waals surface area contributed by atoms with Crippen molar-refractivity contribution in [3.05, 3.63) is 29.3 Å². The first-order valence-electron chi connectivity index (χ1n) is 5.02. The number of hydrogen-bond donors (Lipinski definition) is 0. The maximum atomic E-state index is 12.4. The van der Waals surface area contributed by atoms with E-state index in [1.807, 2.05) is 0 Å². The summed E-state index contributed by atoms with van der Waals surface area (Å²) in [6.07, 6.45) is -4.52. The highest BCUT2D eigenvalue weighted by molar-refractivity contribution is 5.98. The molecule has 0 aliphatic carbocycles. The zero-order valence-electron chi connectivity index (χ0n) is 9.76. The highest BCUT2D eigenvalue weighted by atomic mass is 19.4. The second kappa shape index (κ2) is 4.77. The number of hydrogen-bond acceptors (Lipinski definition) is 2. The van der Waals surface area contributed by atoms with Crippen molar-refractivity contribution in [1.82, 2.24) is 0 Å². The number of carbonyl (C=O) groups is 1. The first-order valence-corrected chi connectivity index (χ1v) is 5.02. The maximum Gasteiger partial charge on any atom is 0.398 e. The molecule has 1 rings (SSSR count). The van der Waals surface area contributed by atoms with Crippen molar-refractivity contribution in [2.45, 2.75) is 20.0 Å². The molecule has 17 heavy (non-hydrogen) atoms. The van der Waals surface area contributed by atoms with Crippen LogP contribution in [0.4, 0.5) is 13.2 Å². The van der Waals surface area contributed by atoms with Crippen molar-refractivity contribution in [2.24, 2.45) is 5.92 Å². The van der Waals surface area contributed by atoms with Gasteiger partial charge < -0.3 is 4.74 Å². The number of ketones is 1. The van der Waals surface area contributed by atoms with E-state index in [1.54, 1.807) is 13.0 Å². The highest BCUT2D eigenvalue weighted by Gasteiger charge is 2.41. The van der Waals surface area contributed by atoms with Crippen LogP contribution in [0.5, 0.6) is 5.75 Å². The van der Waals surface area contributed by atoms with E-state index in [4.69, 9.17) is 4.74 Å². The lowest BCUT2D eigenvalue weighted by molar-refractivity contribution is -0.155. The molecule has 5 heteroatoms. The van der Waals surface area contributed by atoms with Crippen LogP contribution in [0.1, 0.15) is 22.8 Å². The van der Waals surface area contributed by atoms with Gasteiger partial charge in [-0.25, -0.2) is 0 Å². The van der Waals surface area contributed by atoms with Crippen molar-refractivity contribution in [2.75, 3.05) is 7.11 Å². The Labute approximate surface area is 97.4 Å². The predicted molar refractivity (Wildman–Crippen MR) is 57.3 cm³/mol. The number of halogens is 3. The quantitative estimate of drug-likeness (QED) is 0.764. The van der Waals surface area contributed by atoms with Gasteiger partial charge in [-0.2, -0.15) is 13.2 Å². The van der Waals surface area contributed by atoms with Gasteiger partial charge in [0.05, 0.1) is 7.11 Å². The van der Waals surface area contributed by atoms with Crippen LogP contribution < -0.4 is 4.74 Å². The molecule has 0 bridgehead atoms. The Bertz CT molecular complexity index is 424.